The predicted octanol–water partition coefficient (Wildman–Crippen LogP) is 2.44. The Balaban J connectivity index is 2.79. The quantitative estimate of drug-likeness (QED) is 0.745. The number of hydrogen-bond acceptors (Lipinski definition) is 3. The van der Waals surface area contributed by atoms with E-state index in [1.54, 1.807) is 13.0 Å². The highest BCUT2D eigenvalue weighted by Gasteiger charge is 2.11. The maximum absolute atomic E-state index is 11.1. The molecule has 0 aromatic heterocycles. The van der Waals surface area contributed by atoms with Gasteiger partial charge >= 0.3 is 0 Å². The summed E-state index contributed by atoms with van der Waals surface area (Å²) in [6, 6.07) is 7.34. The molecule has 0 bridgehead atoms. The summed E-state index contributed by atoms with van der Waals surface area (Å²) < 4.78 is 10.9. The molecule has 0 radical (unpaired) electrons. The molecule has 82 valence electrons. The van der Waals surface area contributed by atoms with Gasteiger partial charge in [0.05, 0.1) is 6.61 Å². The van der Waals surface area contributed by atoms with Crippen molar-refractivity contribution in [2.45, 2.75) is 26.9 Å². The molecule has 0 N–H and O–H groups in total. The Bertz CT molecular complexity index is 333. The van der Waals surface area contributed by atoms with E-state index in [2.05, 4.69) is 0 Å². The number of rotatable bonds is 5. The molecule has 15 heavy (non-hydrogen) atoms. The van der Waals surface area contributed by atoms with Gasteiger partial charge in [-0.2, -0.15) is 0 Å². The van der Waals surface area contributed by atoms with Crippen LogP contribution < -0.4 is 9.47 Å². The van der Waals surface area contributed by atoms with Crippen LogP contribution in [0.3, 0.4) is 0 Å². The summed E-state index contributed by atoms with van der Waals surface area (Å²) in [6.07, 6.45) is -0.438. The van der Waals surface area contributed by atoms with Gasteiger partial charge in [-0.15, -0.1) is 0 Å². The van der Waals surface area contributed by atoms with E-state index in [4.69, 9.17) is 9.47 Å². The van der Waals surface area contributed by atoms with E-state index in [1.807, 2.05) is 25.1 Å². The summed E-state index contributed by atoms with van der Waals surface area (Å²) in [7, 11) is 0. The second-order valence-electron chi connectivity index (χ2n) is 3.25. The molecule has 1 atom stereocenters. The predicted molar refractivity (Wildman–Crippen MR) is 58.4 cm³/mol. The minimum absolute atomic E-state index is 0.00121. The standard InChI is InChI=1S/C12H16O3/c1-4-14-11-7-5-6-8-12(11)15-10(3)9(2)13/h5-8,10H,4H2,1-3H3. The molecule has 0 spiro atoms. The zero-order valence-electron chi connectivity index (χ0n) is 9.32. The van der Waals surface area contributed by atoms with Gasteiger partial charge in [0.1, 0.15) is 0 Å². The van der Waals surface area contributed by atoms with Crippen molar-refractivity contribution in [3.63, 3.8) is 0 Å². The lowest BCUT2D eigenvalue weighted by Crippen LogP contribution is -2.20. The highest BCUT2D eigenvalue weighted by molar-refractivity contribution is 5.80. The second kappa shape index (κ2) is 5.39. The molecule has 0 aliphatic carbocycles. The number of carbonyl (C=O) groups excluding carboxylic acids is 1. The van der Waals surface area contributed by atoms with E-state index < -0.39 is 6.10 Å². The third-order valence-electron chi connectivity index (χ3n) is 2.03. The molecule has 0 amide bonds. The molecule has 1 aromatic carbocycles. The van der Waals surface area contributed by atoms with Crippen molar-refractivity contribution in [2.75, 3.05) is 6.61 Å². The minimum Gasteiger partial charge on any atom is -0.490 e. The van der Waals surface area contributed by atoms with Crippen LogP contribution >= 0.6 is 0 Å². The molecule has 0 saturated carbocycles. The highest BCUT2D eigenvalue weighted by Crippen LogP contribution is 2.27. The van der Waals surface area contributed by atoms with Crippen LogP contribution in [-0.4, -0.2) is 18.5 Å². The van der Waals surface area contributed by atoms with Gasteiger partial charge in [-0.25, -0.2) is 0 Å². The average molecular weight is 208 g/mol. The molecule has 0 aliphatic heterocycles. The van der Waals surface area contributed by atoms with Crippen molar-refractivity contribution in [1.82, 2.24) is 0 Å². The summed E-state index contributed by atoms with van der Waals surface area (Å²) in [5, 5.41) is 0. The zero-order chi connectivity index (χ0) is 11.3. The number of ketones is 1. The van der Waals surface area contributed by atoms with Crippen LogP contribution in [0, 0.1) is 0 Å². The fraction of sp³-hybridized carbons (Fsp3) is 0.417. The van der Waals surface area contributed by atoms with Crippen LogP contribution in [0.15, 0.2) is 24.3 Å². The summed E-state index contributed by atoms with van der Waals surface area (Å²) in [6.45, 7) is 5.72. The largest absolute Gasteiger partial charge is 0.490 e. The third-order valence-corrected chi connectivity index (χ3v) is 2.03. The SMILES string of the molecule is CCOc1ccccc1OC(C)C(C)=O. The van der Waals surface area contributed by atoms with E-state index in [9.17, 15) is 4.79 Å². The summed E-state index contributed by atoms with van der Waals surface area (Å²) in [5.41, 5.74) is 0. The summed E-state index contributed by atoms with van der Waals surface area (Å²) in [5.74, 6) is 1.29. The average Bonchev–Trinajstić information content (AvgIpc) is 2.21. The first-order valence-corrected chi connectivity index (χ1v) is 5.04. The monoisotopic (exact) mass is 208 g/mol. The van der Waals surface area contributed by atoms with Crippen LogP contribution in [-0.2, 0) is 4.79 Å². The van der Waals surface area contributed by atoms with Crippen LogP contribution in [0.1, 0.15) is 20.8 Å². The van der Waals surface area contributed by atoms with Gasteiger partial charge in [0.2, 0.25) is 0 Å². The van der Waals surface area contributed by atoms with Crippen molar-refractivity contribution in [3.8, 4) is 11.5 Å². The van der Waals surface area contributed by atoms with Gasteiger partial charge in [0, 0.05) is 0 Å². The Morgan fingerprint density at radius 1 is 1.33 bits per heavy atom. The summed E-state index contributed by atoms with van der Waals surface area (Å²) >= 11 is 0. The molecule has 0 heterocycles. The number of para-hydroxylation sites is 2. The van der Waals surface area contributed by atoms with Crippen molar-refractivity contribution in [2.24, 2.45) is 0 Å². The Morgan fingerprint density at radius 2 is 1.93 bits per heavy atom. The Kier molecular flexibility index (Phi) is 4.16. The van der Waals surface area contributed by atoms with Crippen molar-refractivity contribution >= 4 is 5.78 Å². The number of Topliss-reactive ketones (excluding diaryl/α,β-unsaturated/α-hetero) is 1. The third kappa shape index (κ3) is 3.27. The van der Waals surface area contributed by atoms with E-state index in [-0.39, 0.29) is 5.78 Å². The van der Waals surface area contributed by atoms with Crippen LogP contribution in [0.5, 0.6) is 11.5 Å². The Labute approximate surface area is 90.0 Å². The number of ether oxygens (including phenoxy) is 2. The lowest BCUT2D eigenvalue weighted by atomic mass is 10.2. The van der Waals surface area contributed by atoms with Gasteiger partial charge in [-0.3, -0.25) is 4.79 Å². The molecule has 1 rings (SSSR count). The molecule has 0 fully saturated rings. The first-order chi connectivity index (χ1) is 7.15. The van der Waals surface area contributed by atoms with Crippen molar-refractivity contribution in [3.05, 3.63) is 24.3 Å². The topological polar surface area (TPSA) is 35.5 Å². The molecule has 3 nitrogen and oxygen atoms in total. The van der Waals surface area contributed by atoms with E-state index in [0.29, 0.717) is 18.1 Å². The Hall–Kier alpha value is -1.51. The second-order valence-corrected chi connectivity index (χ2v) is 3.25. The fourth-order valence-electron chi connectivity index (χ4n) is 1.10. The minimum atomic E-state index is -0.438. The van der Waals surface area contributed by atoms with Gasteiger partial charge < -0.3 is 9.47 Å². The molecule has 0 saturated heterocycles. The molecule has 1 unspecified atom stereocenters. The lowest BCUT2D eigenvalue weighted by Gasteiger charge is -2.14. The van der Waals surface area contributed by atoms with Gasteiger partial charge in [-0.1, -0.05) is 12.1 Å². The van der Waals surface area contributed by atoms with Crippen LogP contribution in [0.2, 0.25) is 0 Å². The van der Waals surface area contributed by atoms with E-state index >= 15 is 0 Å². The van der Waals surface area contributed by atoms with Gasteiger partial charge in [-0.05, 0) is 32.9 Å². The van der Waals surface area contributed by atoms with Crippen molar-refractivity contribution < 1.29 is 14.3 Å². The van der Waals surface area contributed by atoms with Gasteiger partial charge in [0.25, 0.3) is 0 Å². The molecular weight excluding hydrogens is 192 g/mol. The number of hydrogen-bond donors (Lipinski definition) is 0. The smallest absolute Gasteiger partial charge is 0.169 e. The van der Waals surface area contributed by atoms with E-state index in [0.717, 1.165) is 0 Å². The first-order valence-electron chi connectivity index (χ1n) is 5.04. The lowest BCUT2D eigenvalue weighted by molar-refractivity contribution is -0.122. The number of carbonyl (C=O) groups is 1. The molecule has 1 aromatic rings. The zero-order valence-corrected chi connectivity index (χ0v) is 9.32. The van der Waals surface area contributed by atoms with Crippen LogP contribution in [0.25, 0.3) is 0 Å². The molecular formula is C12H16O3. The Morgan fingerprint density at radius 3 is 2.47 bits per heavy atom. The first kappa shape index (κ1) is 11.6. The normalized spacial score (nSPS) is 11.9. The maximum atomic E-state index is 11.1. The van der Waals surface area contributed by atoms with E-state index in [1.165, 1.54) is 6.92 Å². The summed E-state index contributed by atoms with van der Waals surface area (Å²) in [4.78, 5) is 11.1. The fourth-order valence-corrected chi connectivity index (χ4v) is 1.10. The van der Waals surface area contributed by atoms with Crippen molar-refractivity contribution in [1.29, 1.82) is 0 Å². The molecule has 3 heteroatoms. The van der Waals surface area contributed by atoms with Crippen LogP contribution in [0.4, 0.5) is 0 Å². The van der Waals surface area contributed by atoms with Gasteiger partial charge in [0.15, 0.2) is 23.4 Å². The molecule has 0 aliphatic rings. The number of benzene rings is 1. The maximum Gasteiger partial charge on any atom is 0.169 e. The highest BCUT2D eigenvalue weighted by atomic mass is 16.5.